The number of likely N-dealkylation sites (N-methyl/N-ethyl adjacent to an activating group) is 1. The Kier molecular flexibility index (Phi) is 4.82. The molecule has 0 aromatic heterocycles. The van der Waals surface area contributed by atoms with Crippen molar-refractivity contribution in [2.45, 2.75) is 44.6 Å². The molecule has 0 radical (unpaired) electrons. The predicted octanol–water partition coefficient (Wildman–Crippen LogP) is 2.10. The Morgan fingerprint density at radius 2 is 1.88 bits per heavy atom. The van der Waals surface area contributed by atoms with Gasteiger partial charge in [-0.1, -0.05) is 12.8 Å². The molecule has 1 heterocycles. The van der Waals surface area contributed by atoms with Gasteiger partial charge in [0.25, 0.3) is 0 Å². The fourth-order valence-electron chi connectivity index (χ4n) is 3.26. The molecule has 0 spiro atoms. The molecule has 0 bridgehead atoms. The third-order valence-corrected chi connectivity index (χ3v) is 4.43. The maximum atomic E-state index is 9.20. The van der Waals surface area contributed by atoms with Gasteiger partial charge in [0.2, 0.25) is 0 Å². The van der Waals surface area contributed by atoms with Crippen LogP contribution in [-0.2, 0) is 0 Å². The predicted molar refractivity (Wildman–Crippen MR) is 69.7 cm³/mol. The highest BCUT2D eigenvalue weighted by Crippen LogP contribution is 2.27. The maximum absolute atomic E-state index is 9.20. The molecule has 1 aliphatic heterocycles. The molecule has 1 aliphatic carbocycles. The summed E-state index contributed by atoms with van der Waals surface area (Å²) in [5, 5.41) is 9.20. The van der Waals surface area contributed by atoms with Gasteiger partial charge in [0.15, 0.2) is 0 Å². The molecule has 0 N–H and O–H groups in total. The highest BCUT2D eigenvalue weighted by Gasteiger charge is 2.28. The van der Waals surface area contributed by atoms with Crippen molar-refractivity contribution in [3.05, 3.63) is 0 Å². The van der Waals surface area contributed by atoms with Gasteiger partial charge in [-0.3, -0.25) is 0 Å². The van der Waals surface area contributed by atoms with Gasteiger partial charge in [-0.05, 0) is 45.8 Å². The lowest BCUT2D eigenvalue weighted by Gasteiger charge is -2.35. The van der Waals surface area contributed by atoms with Gasteiger partial charge in [0.05, 0.1) is 12.0 Å². The van der Waals surface area contributed by atoms with Crippen LogP contribution in [0.4, 0.5) is 0 Å². The Hall–Kier alpha value is -0.590. The molecule has 0 amide bonds. The van der Waals surface area contributed by atoms with Crippen LogP contribution in [0.5, 0.6) is 0 Å². The SMILES string of the molecule is CN(CCN1CCCC1)C1CCCCC1C#N. The first-order chi connectivity index (χ1) is 8.31. The van der Waals surface area contributed by atoms with Crippen LogP contribution in [0.15, 0.2) is 0 Å². The number of hydrogen-bond acceptors (Lipinski definition) is 3. The lowest BCUT2D eigenvalue weighted by atomic mass is 9.84. The van der Waals surface area contributed by atoms with Gasteiger partial charge in [0, 0.05) is 19.1 Å². The minimum atomic E-state index is 0.271. The molecular formula is C14H25N3. The van der Waals surface area contributed by atoms with Gasteiger partial charge in [-0.2, -0.15) is 5.26 Å². The zero-order valence-corrected chi connectivity index (χ0v) is 11.1. The number of rotatable bonds is 4. The fraction of sp³-hybridized carbons (Fsp3) is 0.929. The Morgan fingerprint density at radius 3 is 2.59 bits per heavy atom. The zero-order valence-electron chi connectivity index (χ0n) is 11.1. The summed E-state index contributed by atoms with van der Waals surface area (Å²) < 4.78 is 0. The van der Waals surface area contributed by atoms with E-state index in [9.17, 15) is 5.26 Å². The summed E-state index contributed by atoms with van der Waals surface area (Å²) in [5.74, 6) is 0.271. The Morgan fingerprint density at radius 1 is 1.18 bits per heavy atom. The molecule has 2 rings (SSSR count). The molecule has 17 heavy (non-hydrogen) atoms. The van der Waals surface area contributed by atoms with Crippen LogP contribution in [0.1, 0.15) is 38.5 Å². The van der Waals surface area contributed by atoms with E-state index in [1.807, 2.05) is 0 Å². The molecule has 96 valence electrons. The van der Waals surface area contributed by atoms with E-state index in [1.165, 1.54) is 51.7 Å². The van der Waals surface area contributed by atoms with Crippen molar-refractivity contribution in [2.75, 3.05) is 33.2 Å². The minimum Gasteiger partial charge on any atom is -0.302 e. The van der Waals surface area contributed by atoms with Gasteiger partial charge in [-0.15, -0.1) is 0 Å². The summed E-state index contributed by atoms with van der Waals surface area (Å²) in [6.45, 7) is 4.87. The van der Waals surface area contributed by atoms with E-state index in [0.717, 1.165) is 13.0 Å². The number of hydrogen-bond donors (Lipinski definition) is 0. The standard InChI is InChI=1S/C14H25N3/c1-16(10-11-17-8-4-5-9-17)14-7-3-2-6-13(14)12-15/h13-14H,2-11H2,1H3. The lowest BCUT2D eigenvalue weighted by Crippen LogP contribution is -2.43. The summed E-state index contributed by atoms with van der Waals surface area (Å²) in [5.41, 5.74) is 0. The normalized spacial score (nSPS) is 30.6. The van der Waals surface area contributed by atoms with Gasteiger partial charge in [-0.25, -0.2) is 0 Å². The van der Waals surface area contributed by atoms with Crippen LogP contribution in [0, 0.1) is 17.2 Å². The number of likely N-dealkylation sites (tertiary alicyclic amines) is 1. The third kappa shape index (κ3) is 3.43. The van der Waals surface area contributed by atoms with E-state index < -0.39 is 0 Å². The molecule has 3 nitrogen and oxygen atoms in total. The quantitative estimate of drug-likeness (QED) is 0.747. The molecule has 0 aromatic carbocycles. The molecule has 0 aromatic rings. The first-order valence-electron chi connectivity index (χ1n) is 7.13. The van der Waals surface area contributed by atoms with E-state index in [0.29, 0.717) is 6.04 Å². The third-order valence-electron chi connectivity index (χ3n) is 4.43. The minimum absolute atomic E-state index is 0.271. The van der Waals surface area contributed by atoms with Crippen molar-refractivity contribution < 1.29 is 0 Å². The van der Waals surface area contributed by atoms with Gasteiger partial charge >= 0.3 is 0 Å². The smallest absolute Gasteiger partial charge is 0.0672 e. The second-order valence-corrected chi connectivity index (χ2v) is 5.62. The molecule has 2 unspecified atom stereocenters. The average molecular weight is 235 g/mol. The van der Waals surface area contributed by atoms with E-state index in [4.69, 9.17) is 0 Å². The van der Waals surface area contributed by atoms with Crippen molar-refractivity contribution in [1.29, 1.82) is 5.26 Å². The van der Waals surface area contributed by atoms with E-state index >= 15 is 0 Å². The molecule has 2 fully saturated rings. The van der Waals surface area contributed by atoms with Crippen LogP contribution >= 0.6 is 0 Å². The Balaban J connectivity index is 1.77. The summed E-state index contributed by atoms with van der Waals surface area (Å²) in [7, 11) is 2.20. The summed E-state index contributed by atoms with van der Waals surface area (Å²) in [6, 6.07) is 3.02. The fourth-order valence-corrected chi connectivity index (χ4v) is 3.26. The zero-order chi connectivity index (χ0) is 12.1. The molecule has 1 saturated heterocycles. The molecule has 2 aliphatic rings. The first-order valence-corrected chi connectivity index (χ1v) is 7.13. The van der Waals surface area contributed by atoms with E-state index in [-0.39, 0.29) is 5.92 Å². The summed E-state index contributed by atoms with van der Waals surface area (Å²) >= 11 is 0. The second-order valence-electron chi connectivity index (χ2n) is 5.62. The lowest BCUT2D eigenvalue weighted by molar-refractivity contribution is 0.142. The highest BCUT2D eigenvalue weighted by molar-refractivity contribution is 4.95. The molecule has 2 atom stereocenters. The molecular weight excluding hydrogens is 210 g/mol. The van der Waals surface area contributed by atoms with Gasteiger partial charge in [0.1, 0.15) is 0 Å². The number of nitriles is 1. The van der Waals surface area contributed by atoms with Crippen LogP contribution < -0.4 is 0 Å². The van der Waals surface area contributed by atoms with Crippen LogP contribution in [-0.4, -0.2) is 49.1 Å². The maximum Gasteiger partial charge on any atom is 0.0672 e. The van der Waals surface area contributed by atoms with Crippen molar-refractivity contribution in [3.8, 4) is 6.07 Å². The van der Waals surface area contributed by atoms with Crippen molar-refractivity contribution in [3.63, 3.8) is 0 Å². The van der Waals surface area contributed by atoms with Crippen LogP contribution in [0.2, 0.25) is 0 Å². The Bertz CT molecular complexity index is 265. The van der Waals surface area contributed by atoms with Crippen molar-refractivity contribution >= 4 is 0 Å². The first kappa shape index (κ1) is 12.9. The average Bonchev–Trinajstić information content (AvgIpc) is 2.89. The Labute approximate surface area is 105 Å². The largest absolute Gasteiger partial charge is 0.302 e. The number of nitrogens with zero attached hydrogens (tertiary/aromatic N) is 3. The van der Waals surface area contributed by atoms with Crippen LogP contribution in [0.3, 0.4) is 0 Å². The van der Waals surface area contributed by atoms with Crippen molar-refractivity contribution in [1.82, 2.24) is 9.80 Å². The van der Waals surface area contributed by atoms with Crippen molar-refractivity contribution in [2.24, 2.45) is 5.92 Å². The highest BCUT2D eigenvalue weighted by atomic mass is 15.2. The van der Waals surface area contributed by atoms with E-state index in [2.05, 4.69) is 22.9 Å². The van der Waals surface area contributed by atoms with Crippen LogP contribution in [0.25, 0.3) is 0 Å². The summed E-state index contributed by atoms with van der Waals surface area (Å²) in [6.07, 6.45) is 7.61. The molecule has 1 saturated carbocycles. The second kappa shape index (κ2) is 6.37. The van der Waals surface area contributed by atoms with E-state index in [1.54, 1.807) is 0 Å². The van der Waals surface area contributed by atoms with Gasteiger partial charge < -0.3 is 9.80 Å². The summed E-state index contributed by atoms with van der Waals surface area (Å²) in [4.78, 5) is 4.99. The molecule has 3 heteroatoms. The monoisotopic (exact) mass is 235 g/mol. The topological polar surface area (TPSA) is 30.3 Å².